The summed E-state index contributed by atoms with van der Waals surface area (Å²) in [4.78, 5) is 26.5. The molecule has 1 atom stereocenters. The van der Waals surface area contributed by atoms with E-state index in [2.05, 4.69) is 29.6 Å². The van der Waals surface area contributed by atoms with Crippen molar-refractivity contribution in [3.63, 3.8) is 0 Å². The first kappa shape index (κ1) is 20.0. The first-order valence-corrected chi connectivity index (χ1v) is 10.3. The number of anilines is 1. The molecule has 4 rings (SSSR count). The lowest BCUT2D eigenvalue weighted by molar-refractivity contribution is -0.126. The smallest absolute Gasteiger partial charge is 0.254 e. The number of ether oxygens (including phenoxy) is 1. The van der Waals surface area contributed by atoms with Crippen molar-refractivity contribution in [2.24, 2.45) is 0 Å². The summed E-state index contributed by atoms with van der Waals surface area (Å²) in [5.74, 6) is 0.558. The lowest BCUT2D eigenvalue weighted by Gasteiger charge is -2.20. The third kappa shape index (κ3) is 3.75. The van der Waals surface area contributed by atoms with Crippen molar-refractivity contribution in [3.05, 3.63) is 71.3 Å². The van der Waals surface area contributed by atoms with Crippen molar-refractivity contribution in [2.75, 3.05) is 18.1 Å². The number of carbonyl (C=O) groups excluding carboxylic acids is 2. The van der Waals surface area contributed by atoms with Crippen molar-refractivity contribution in [1.29, 1.82) is 0 Å². The van der Waals surface area contributed by atoms with Crippen molar-refractivity contribution in [2.45, 2.75) is 33.2 Å². The average Bonchev–Trinajstić information content (AvgIpc) is 2.96. The highest BCUT2D eigenvalue weighted by atomic mass is 16.5. The van der Waals surface area contributed by atoms with Crippen LogP contribution in [-0.2, 0) is 9.59 Å². The summed E-state index contributed by atoms with van der Waals surface area (Å²) in [6.45, 7) is 6.49. The van der Waals surface area contributed by atoms with E-state index in [-0.39, 0.29) is 11.8 Å². The van der Waals surface area contributed by atoms with Gasteiger partial charge in [-0.05, 0) is 37.3 Å². The van der Waals surface area contributed by atoms with Gasteiger partial charge in [-0.1, -0.05) is 54.1 Å². The molecule has 1 heterocycles. The van der Waals surface area contributed by atoms with Gasteiger partial charge < -0.3 is 15.0 Å². The Kier molecular flexibility index (Phi) is 5.44. The van der Waals surface area contributed by atoms with Crippen LogP contribution in [0.5, 0.6) is 5.75 Å². The second-order valence-electron chi connectivity index (χ2n) is 7.82. The summed E-state index contributed by atoms with van der Waals surface area (Å²) in [5, 5.41) is 5.03. The first-order chi connectivity index (χ1) is 14.5. The Morgan fingerprint density at radius 3 is 2.67 bits per heavy atom. The molecular formula is C25H26N2O3. The van der Waals surface area contributed by atoms with E-state index >= 15 is 0 Å². The molecule has 0 fully saturated rings. The van der Waals surface area contributed by atoms with Gasteiger partial charge in [-0.2, -0.15) is 0 Å². The Balaban J connectivity index is 1.48. The van der Waals surface area contributed by atoms with Gasteiger partial charge in [0.15, 0.2) is 0 Å². The molecule has 3 aromatic carbocycles. The van der Waals surface area contributed by atoms with E-state index in [1.807, 2.05) is 44.2 Å². The fraction of sp³-hybridized carbons (Fsp3) is 0.280. The largest absolute Gasteiger partial charge is 0.493 e. The quantitative estimate of drug-likeness (QED) is 0.620. The van der Waals surface area contributed by atoms with E-state index in [4.69, 9.17) is 4.74 Å². The molecule has 0 radical (unpaired) electrons. The molecule has 1 N–H and O–H groups in total. The topological polar surface area (TPSA) is 58.6 Å². The Bertz CT molecular complexity index is 1120. The molecule has 5 nitrogen and oxygen atoms in total. The van der Waals surface area contributed by atoms with Gasteiger partial charge in [-0.15, -0.1) is 0 Å². The standard InChI is InChI=1S/C25H26N2O3/c1-16-14-17(2)24-21(15-16)23(26-18(3)28)25(29)27(24)12-7-13-30-22-11-6-9-19-8-4-5-10-20(19)22/h4-6,8-11,14-15,23H,7,12-13H2,1-3H3,(H,26,28)/t23-/m1/s1. The SMILES string of the molecule is CC(=O)N[C@H]1C(=O)N(CCCOc2cccc3ccccc23)c2c(C)cc(C)cc21. The minimum absolute atomic E-state index is 0.0842. The molecule has 0 bridgehead atoms. The van der Waals surface area contributed by atoms with Crippen LogP contribution in [0.1, 0.15) is 36.1 Å². The lowest BCUT2D eigenvalue weighted by Crippen LogP contribution is -2.37. The fourth-order valence-corrected chi connectivity index (χ4v) is 4.27. The van der Waals surface area contributed by atoms with Crippen molar-refractivity contribution in [1.82, 2.24) is 5.32 Å². The minimum Gasteiger partial charge on any atom is -0.493 e. The molecule has 30 heavy (non-hydrogen) atoms. The van der Waals surface area contributed by atoms with Crippen molar-refractivity contribution in [3.8, 4) is 5.75 Å². The van der Waals surface area contributed by atoms with Crippen LogP contribution in [0.15, 0.2) is 54.6 Å². The van der Waals surface area contributed by atoms with Crippen molar-refractivity contribution >= 4 is 28.3 Å². The highest BCUT2D eigenvalue weighted by Crippen LogP contribution is 2.39. The molecular weight excluding hydrogens is 376 g/mol. The first-order valence-electron chi connectivity index (χ1n) is 10.3. The van der Waals surface area contributed by atoms with E-state index in [0.717, 1.165) is 38.9 Å². The second kappa shape index (κ2) is 8.19. The highest BCUT2D eigenvalue weighted by molar-refractivity contribution is 6.07. The van der Waals surface area contributed by atoms with E-state index in [0.29, 0.717) is 19.6 Å². The van der Waals surface area contributed by atoms with Gasteiger partial charge >= 0.3 is 0 Å². The van der Waals surface area contributed by atoms with Crippen LogP contribution in [0.3, 0.4) is 0 Å². The number of amides is 2. The molecule has 5 heteroatoms. The van der Waals surface area contributed by atoms with Crippen LogP contribution >= 0.6 is 0 Å². The molecule has 0 spiro atoms. The van der Waals surface area contributed by atoms with Crippen molar-refractivity contribution < 1.29 is 14.3 Å². The lowest BCUT2D eigenvalue weighted by atomic mass is 10.0. The van der Waals surface area contributed by atoms with Crippen LogP contribution in [0, 0.1) is 13.8 Å². The van der Waals surface area contributed by atoms with E-state index in [9.17, 15) is 9.59 Å². The maximum absolute atomic E-state index is 13.1. The number of hydrogen-bond acceptors (Lipinski definition) is 3. The van der Waals surface area contributed by atoms with Crippen LogP contribution < -0.4 is 15.0 Å². The normalized spacial score (nSPS) is 15.4. The third-order valence-corrected chi connectivity index (χ3v) is 5.45. The zero-order valence-corrected chi connectivity index (χ0v) is 17.6. The number of aryl methyl sites for hydroxylation is 2. The van der Waals surface area contributed by atoms with Crippen LogP contribution in [-0.4, -0.2) is 25.0 Å². The summed E-state index contributed by atoms with van der Waals surface area (Å²) in [6.07, 6.45) is 0.689. The number of benzene rings is 3. The van der Waals surface area contributed by atoms with Gasteiger partial charge in [0.2, 0.25) is 5.91 Å². The molecule has 0 unspecified atom stereocenters. The second-order valence-corrected chi connectivity index (χ2v) is 7.82. The molecule has 3 aromatic rings. The van der Waals surface area contributed by atoms with Crippen LogP contribution in [0.2, 0.25) is 0 Å². The maximum atomic E-state index is 13.1. The molecule has 2 amide bonds. The minimum atomic E-state index is -0.616. The van der Waals surface area contributed by atoms with Gasteiger partial charge in [0, 0.05) is 24.4 Å². The van der Waals surface area contributed by atoms with E-state index < -0.39 is 6.04 Å². The van der Waals surface area contributed by atoms with Gasteiger partial charge in [0.25, 0.3) is 5.91 Å². The summed E-state index contributed by atoms with van der Waals surface area (Å²) < 4.78 is 6.04. The summed E-state index contributed by atoms with van der Waals surface area (Å²) in [5.41, 5.74) is 3.91. The summed E-state index contributed by atoms with van der Waals surface area (Å²) in [7, 11) is 0. The predicted molar refractivity (Wildman–Crippen MR) is 119 cm³/mol. The summed E-state index contributed by atoms with van der Waals surface area (Å²) in [6, 6.07) is 17.6. The Hall–Kier alpha value is -3.34. The van der Waals surface area contributed by atoms with Crippen LogP contribution in [0.4, 0.5) is 5.69 Å². The maximum Gasteiger partial charge on any atom is 0.254 e. The number of hydrogen-bond donors (Lipinski definition) is 1. The molecule has 0 aliphatic carbocycles. The number of fused-ring (bicyclic) bond motifs is 2. The van der Waals surface area contributed by atoms with Crippen LogP contribution in [0.25, 0.3) is 10.8 Å². The zero-order valence-electron chi connectivity index (χ0n) is 17.6. The average molecular weight is 402 g/mol. The van der Waals surface area contributed by atoms with Gasteiger partial charge in [-0.25, -0.2) is 0 Å². The van der Waals surface area contributed by atoms with E-state index in [1.54, 1.807) is 4.90 Å². The molecule has 154 valence electrons. The number of nitrogens with one attached hydrogen (secondary N) is 1. The van der Waals surface area contributed by atoms with Gasteiger partial charge in [-0.3, -0.25) is 9.59 Å². The highest BCUT2D eigenvalue weighted by Gasteiger charge is 2.38. The Labute approximate surface area is 176 Å². The molecule has 0 saturated carbocycles. The number of carbonyl (C=O) groups is 2. The number of rotatable bonds is 6. The van der Waals surface area contributed by atoms with E-state index in [1.165, 1.54) is 6.92 Å². The fourth-order valence-electron chi connectivity index (χ4n) is 4.27. The molecule has 0 aromatic heterocycles. The van der Waals surface area contributed by atoms with Gasteiger partial charge in [0.05, 0.1) is 12.3 Å². The molecule has 0 saturated heterocycles. The molecule has 1 aliphatic heterocycles. The molecule has 1 aliphatic rings. The Morgan fingerprint density at radius 1 is 1.10 bits per heavy atom. The van der Waals surface area contributed by atoms with Gasteiger partial charge in [0.1, 0.15) is 11.8 Å². The predicted octanol–water partition coefficient (Wildman–Crippen LogP) is 4.45. The Morgan fingerprint density at radius 2 is 1.87 bits per heavy atom. The number of nitrogens with zero attached hydrogens (tertiary/aromatic N) is 1. The monoisotopic (exact) mass is 402 g/mol. The zero-order chi connectivity index (χ0) is 21.3. The third-order valence-electron chi connectivity index (χ3n) is 5.45. The summed E-state index contributed by atoms with van der Waals surface area (Å²) >= 11 is 0.